The van der Waals surface area contributed by atoms with Gasteiger partial charge in [0, 0.05) is 24.4 Å². The molecule has 1 saturated heterocycles. The molecule has 0 spiro atoms. The minimum atomic E-state index is 0.686. The fourth-order valence-electron chi connectivity index (χ4n) is 2.48. The molecule has 96 valence electrons. The van der Waals surface area contributed by atoms with Gasteiger partial charge >= 0.3 is 0 Å². The number of likely N-dealkylation sites (tertiary alicyclic amines) is 1. The lowest BCUT2D eigenvalue weighted by Gasteiger charge is -2.30. The number of rotatable bonds is 5. The molecule has 0 atom stereocenters. The molecule has 2 heterocycles. The fraction of sp³-hybridized carbons (Fsp3) is 0.769. The Hall–Kier alpha value is -0.450. The van der Waals surface area contributed by atoms with Crippen LogP contribution in [0.25, 0.3) is 0 Å². The SMILES string of the molecule is CCCc1nc(C2CCN(CCN)CC2)cs1. The van der Waals surface area contributed by atoms with Gasteiger partial charge in [0.25, 0.3) is 0 Å². The zero-order valence-corrected chi connectivity index (χ0v) is 11.5. The Bertz CT molecular complexity index is 329. The van der Waals surface area contributed by atoms with E-state index < -0.39 is 0 Å². The molecular formula is C13H23N3S. The molecule has 0 unspecified atom stereocenters. The molecule has 3 nitrogen and oxygen atoms in total. The van der Waals surface area contributed by atoms with Gasteiger partial charge in [0.2, 0.25) is 0 Å². The Kier molecular flexibility index (Phi) is 4.95. The zero-order valence-electron chi connectivity index (χ0n) is 10.7. The number of piperidine rings is 1. The minimum absolute atomic E-state index is 0.686. The van der Waals surface area contributed by atoms with Gasteiger partial charge in [0.1, 0.15) is 0 Å². The van der Waals surface area contributed by atoms with Crippen molar-refractivity contribution >= 4 is 11.3 Å². The average molecular weight is 253 g/mol. The van der Waals surface area contributed by atoms with Crippen molar-refractivity contribution in [2.24, 2.45) is 5.73 Å². The van der Waals surface area contributed by atoms with Gasteiger partial charge in [0.15, 0.2) is 0 Å². The summed E-state index contributed by atoms with van der Waals surface area (Å²) in [6.45, 7) is 6.41. The summed E-state index contributed by atoms with van der Waals surface area (Å²) in [5.41, 5.74) is 6.93. The van der Waals surface area contributed by atoms with Crippen molar-refractivity contribution in [3.8, 4) is 0 Å². The maximum atomic E-state index is 5.59. The quantitative estimate of drug-likeness (QED) is 0.875. The summed E-state index contributed by atoms with van der Waals surface area (Å²) < 4.78 is 0. The Morgan fingerprint density at radius 2 is 2.24 bits per heavy atom. The van der Waals surface area contributed by atoms with Crippen LogP contribution in [0.5, 0.6) is 0 Å². The van der Waals surface area contributed by atoms with Crippen LogP contribution < -0.4 is 5.73 Å². The second-order valence-corrected chi connectivity index (χ2v) is 5.76. The van der Waals surface area contributed by atoms with E-state index >= 15 is 0 Å². The molecule has 0 aromatic carbocycles. The Labute approximate surface area is 108 Å². The summed E-state index contributed by atoms with van der Waals surface area (Å²) in [7, 11) is 0. The molecule has 1 aromatic rings. The van der Waals surface area contributed by atoms with Crippen molar-refractivity contribution in [1.29, 1.82) is 0 Å². The molecule has 1 aliphatic rings. The summed E-state index contributed by atoms with van der Waals surface area (Å²) in [5, 5.41) is 3.58. The molecule has 2 rings (SSSR count). The molecule has 0 bridgehead atoms. The first-order chi connectivity index (χ1) is 8.33. The minimum Gasteiger partial charge on any atom is -0.329 e. The molecule has 0 aliphatic carbocycles. The average Bonchev–Trinajstić information content (AvgIpc) is 2.80. The second kappa shape index (κ2) is 6.47. The summed E-state index contributed by atoms with van der Waals surface area (Å²) in [5.74, 6) is 0.686. The summed E-state index contributed by atoms with van der Waals surface area (Å²) in [6, 6.07) is 0. The molecule has 0 saturated carbocycles. The first-order valence-electron chi connectivity index (χ1n) is 6.70. The van der Waals surface area contributed by atoms with Crippen molar-refractivity contribution in [3.05, 3.63) is 16.1 Å². The molecule has 0 radical (unpaired) electrons. The van der Waals surface area contributed by atoms with Gasteiger partial charge in [-0.1, -0.05) is 6.92 Å². The monoisotopic (exact) mass is 253 g/mol. The summed E-state index contributed by atoms with van der Waals surface area (Å²) in [6.07, 6.45) is 4.82. The topological polar surface area (TPSA) is 42.2 Å². The lowest BCUT2D eigenvalue weighted by molar-refractivity contribution is 0.216. The number of aromatic nitrogens is 1. The van der Waals surface area contributed by atoms with Gasteiger partial charge in [-0.25, -0.2) is 4.98 Å². The lowest BCUT2D eigenvalue weighted by atomic mass is 9.94. The van der Waals surface area contributed by atoms with Crippen molar-refractivity contribution in [1.82, 2.24) is 9.88 Å². The van der Waals surface area contributed by atoms with E-state index in [-0.39, 0.29) is 0 Å². The van der Waals surface area contributed by atoms with Crippen LogP contribution in [0.4, 0.5) is 0 Å². The van der Waals surface area contributed by atoms with Crippen LogP contribution >= 0.6 is 11.3 Å². The van der Waals surface area contributed by atoms with E-state index in [0.717, 1.165) is 19.5 Å². The van der Waals surface area contributed by atoms with Gasteiger partial charge in [-0.3, -0.25) is 0 Å². The molecule has 1 aliphatic heterocycles. The van der Waals surface area contributed by atoms with Crippen LogP contribution in [0.2, 0.25) is 0 Å². The summed E-state index contributed by atoms with van der Waals surface area (Å²) >= 11 is 1.83. The predicted octanol–water partition coefficient (Wildman–Crippen LogP) is 2.23. The Morgan fingerprint density at radius 3 is 2.88 bits per heavy atom. The molecule has 4 heteroatoms. The van der Waals surface area contributed by atoms with Gasteiger partial charge < -0.3 is 10.6 Å². The van der Waals surface area contributed by atoms with Crippen molar-refractivity contribution < 1.29 is 0 Å². The van der Waals surface area contributed by atoms with Crippen LogP contribution in [0, 0.1) is 0 Å². The van der Waals surface area contributed by atoms with Crippen molar-refractivity contribution in [3.63, 3.8) is 0 Å². The van der Waals surface area contributed by atoms with Gasteiger partial charge in [0.05, 0.1) is 10.7 Å². The van der Waals surface area contributed by atoms with E-state index in [9.17, 15) is 0 Å². The van der Waals surface area contributed by atoms with E-state index in [0.29, 0.717) is 5.92 Å². The highest BCUT2D eigenvalue weighted by molar-refractivity contribution is 7.09. The molecule has 1 aromatic heterocycles. The van der Waals surface area contributed by atoms with Crippen LogP contribution in [0.3, 0.4) is 0 Å². The van der Waals surface area contributed by atoms with E-state index in [2.05, 4.69) is 17.2 Å². The first kappa shape index (κ1) is 13.0. The molecular weight excluding hydrogens is 230 g/mol. The second-order valence-electron chi connectivity index (χ2n) is 4.82. The zero-order chi connectivity index (χ0) is 12.1. The molecule has 1 fully saturated rings. The van der Waals surface area contributed by atoms with Gasteiger partial charge in [-0.05, 0) is 38.8 Å². The standard InChI is InChI=1S/C13H23N3S/c1-2-3-13-15-12(10-17-13)11-4-7-16(8-5-11)9-6-14/h10-11H,2-9,14H2,1H3. The van der Waals surface area contributed by atoms with Crippen molar-refractivity contribution in [2.75, 3.05) is 26.2 Å². The highest BCUT2D eigenvalue weighted by atomic mass is 32.1. The summed E-state index contributed by atoms with van der Waals surface area (Å²) in [4.78, 5) is 7.24. The van der Waals surface area contributed by atoms with Crippen LogP contribution in [0.15, 0.2) is 5.38 Å². The molecule has 2 N–H and O–H groups in total. The Balaban J connectivity index is 1.86. The van der Waals surface area contributed by atoms with Crippen molar-refractivity contribution in [2.45, 2.75) is 38.5 Å². The molecule has 0 amide bonds. The third-order valence-corrected chi connectivity index (χ3v) is 4.41. The first-order valence-corrected chi connectivity index (χ1v) is 7.58. The molecule has 17 heavy (non-hydrogen) atoms. The van der Waals surface area contributed by atoms with E-state index in [1.54, 1.807) is 0 Å². The third kappa shape index (κ3) is 3.50. The van der Waals surface area contributed by atoms with Gasteiger partial charge in [-0.15, -0.1) is 11.3 Å². The van der Waals surface area contributed by atoms with Crippen LogP contribution in [-0.2, 0) is 6.42 Å². The predicted molar refractivity (Wildman–Crippen MR) is 73.6 cm³/mol. The third-order valence-electron chi connectivity index (χ3n) is 3.48. The highest BCUT2D eigenvalue weighted by Gasteiger charge is 2.21. The normalized spacial score (nSPS) is 18.7. The maximum absolute atomic E-state index is 5.59. The number of nitrogens with zero attached hydrogens (tertiary/aromatic N) is 2. The largest absolute Gasteiger partial charge is 0.329 e. The van der Waals surface area contributed by atoms with Crippen LogP contribution in [0.1, 0.15) is 42.8 Å². The van der Waals surface area contributed by atoms with E-state index in [1.807, 2.05) is 11.3 Å². The van der Waals surface area contributed by atoms with Gasteiger partial charge in [-0.2, -0.15) is 0 Å². The fourth-order valence-corrected chi connectivity index (χ4v) is 3.46. The van der Waals surface area contributed by atoms with E-state index in [1.165, 1.54) is 43.1 Å². The number of hydrogen-bond acceptors (Lipinski definition) is 4. The lowest BCUT2D eigenvalue weighted by Crippen LogP contribution is -2.36. The number of aryl methyl sites for hydroxylation is 1. The van der Waals surface area contributed by atoms with Crippen LogP contribution in [-0.4, -0.2) is 36.1 Å². The number of thiazole rings is 1. The number of hydrogen-bond donors (Lipinski definition) is 1. The maximum Gasteiger partial charge on any atom is 0.0928 e. The smallest absolute Gasteiger partial charge is 0.0928 e. The highest BCUT2D eigenvalue weighted by Crippen LogP contribution is 2.29. The van der Waals surface area contributed by atoms with E-state index in [4.69, 9.17) is 10.7 Å². The Morgan fingerprint density at radius 1 is 1.47 bits per heavy atom. The number of nitrogens with two attached hydrogens (primary N) is 1.